The van der Waals surface area contributed by atoms with E-state index in [1.807, 2.05) is 32.0 Å². The number of hydrogen-bond acceptors (Lipinski definition) is 3. The Kier molecular flexibility index (Phi) is 4.64. The van der Waals surface area contributed by atoms with Crippen LogP contribution in [0.3, 0.4) is 0 Å². The van der Waals surface area contributed by atoms with E-state index in [9.17, 15) is 4.79 Å². The smallest absolute Gasteiger partial charge is 0.221 e. The monoisotopic (exact) mass is 221 g/mol. The summed E-state index contributed by atoms with van der Waals surface area (Å²) in [5.74, 6) is 0.0567. The number of carbonyl (C=O) groups excluding carboxylic acids is 1. The molecule has 1 rings (SSSR count). The van der Waals surface area contributed by atoms with Crippen molar-refractivity contribution in [3.63, 3.8) is 0 Å². The Morgan fingerprint density at radius 1 is 1.44 bits per heavy atom. The van der Waals surface area contributed by atoms with Crippen LogP contribution >= 0.6 is 0 Å². The molecule has 88 valence electrons. The van der Waals surface area contributed by atoms with Crippen molar-refractivity contribution in [2.75, 3.05) is 24.1 Å². The molecule has 4 nitrogen and oxygen atoms in total. The summed E-state index contributed by atoms with van der Waals surface area (Å²) in [5.41, 5.74) is 8.55. The summed E-state index contributed by atoms with van der Waals surface area (Å²) >= 11 is 0. The van der Waals surface area contributed by atoms with Crippen LogP contribution in [0.2, 0.25) is 0 Å². The van der Waals surface area contributed by atoms with Gasteiger partial charge in [0.1, 0.15) is 0 Å². The topological polar surface area (TPSA) is 67.2 Å². The van der Waals surface area contributed by atoms with E-state index >= 15 is 0 Å². The van der Waals surface area contributed by atoms with Gasteiger partial charge in [0.2, 0.25) is 5.91 Å². The van der Waals surface area contributed by atoms with Gasteiger partial charge in [-0.05, 0) is 31.5 Å². The van der Waals surface area contributed by atoms with Crippen LogP contribution in [-0.4, -0.2) is 19.0 Å². The normalized spacial score (nSPS) is 9.88. The number of hydrogen-bond donors (Lipinski definition) is 3. The molecule has 0 aliphatic carbocycles. The molecule has 1 amide bonds. The summed E-state index contributed by atoms with van der Waals surface area (Å²) in [6.07, 6.45) is 0.460. The minimum atomic E-state index is 0.0567. The molecule has 1 aromatic rings. The highest BCUT2D eigenvalue weighted by atomic mass is 16.1. The second-order valence-electron chi connectivity index (χ2n) is 3.72. The molecule has 0 aliphatic rings. The Labute approximate surface area is 96.2 Å². The second-order valence-corrected chi connectivity index (χ2v) is 3.72. The number of rotatable bonds is 5. The van der Waals surface area contributed by atoms with Crippen LogP contribution < -0.4 is 16.4 Å². The van der Waals surface area contributed by atoms with Crippen LogP contribution in [0.1, 0.15) is 18.9 Å². The van der Waals surface area contributed by atoms with Gasteiger partial charge in [-0.3, -0.25) is 4.79 Å². The van der Waals surface area contributed by atoms with Crippen molar-refractivity contribution in [2.45, 2.75) is 20.3 Å². The predicted molar refractivity (Wildman–Crippen MR) is 67.4 cm³/mol. The molecule has 0 saturated carbocycles. The molecule has 4 heteroatoms. The third-order valence-electron chi connectivity index (χ3n) is 2.25. The summed E-state index contributed by atoms with van der Waals surface area (Å²) < 4.78 is 0. The maximum Gasteiger partial charge on any atom is 0.221 e. The van der Waals surface area contributed by atoms with Gasteiger partial charge in [0.15, 0.2) is 0 Å². The van der Waals surface area contributed by atoms with Gasteiger partial charge >= 0.3 is 0 Å². The third-order valence-corrected chi connectivity index (χ3v) is 2.25. The number of aryl methyl sites for hydroxylation is 1. The average molecular weight is 221 g/mol. The third kappa shape index (κ3) is 3.81. The summed E-state index contributed by atoms with van der Waals surface area (Å²) in [5, 5.41) is 5.90. The van der Waals surface area contributed by atoms with E-state index in [0.29, 0.717) is 25.2 Å². The van der Waals surface area contributed by atoms with Gasteiger partial charge in [-0.1, -0.05) is 6.07 Å². The van der Waals surface area contributed by atoms with Gasteiger partial charge in [-0.25, -0.2) is 0 Å². The molecule has 0 fully saturated rings. The first-order valence-corrected chi connectivity index (χ1v) is 5.50. The molecular formula is C12H19N3O. The summed E-state index contributed by atoms with van der Waals surface area (Å²) in [6.45, 7) is 5.18. The summed E-state index contributed by atoms with van der Waals surface area (Å²) in [4.78, 5) is 11.2. The molecule has 0 aliphatic heterocycles. The van der Waals surface area contributed by atoms with Crippen molar-refractivity contribution >= 4 is 17.3 Å². The lowest BCUT2D eigenvalue weighted by atomic mass is 10.2. The van der Waals surface area contributed by atoms with Crippen LogP contribution in [0.25, 0.3) is 0 Å². The molecule has 0 saturated heterocycles. The lowest BCUT2D eigenvalue weighted by Gasteiger charge is -2.09. The molecule has 4 N–H and O–H groups in total. The van der Waals surface area contributed by atoms with Crippen molar-refractivity contribution in [1.29, 1.82) is 0 Å². The average Bonchev–Trinajstić information content (AvgIpc) is 2.23. The Bertz CT molecular complexity index is 363. The van der Waals surface area contributed by atoms with Crippen molar-refractivity contribution < 1.29 is 4.79 Å². The predicted octanol–water partition coefficient (Wildman–Crippen LogP) is 1.52. The lowest BCUT2D eigenvalue weighted by Crippen LogP contribution is -2.24. The molecule has 0 aromatic heterocycles. The zero-order chi connectivity index (χ0) is 12.0. The first-order valence-electron chi connectivity index (χ1n) is 5.50. The van der Waals surface area contributed by atoms with E-state index < -0.39 is 0 Å². The van der Waals surface area contributed by atoms with E-state index in [1.165, 1.54) is 0 Å². The van der Waals surface area contributed by atoms with E-state index in [4.69, 9.17) is 5.73 Å². The zero-order valence-corrected chi connectivity index (χ0v) is 9.84. The van der Waals surface area contributed by atoms with Crippen molar-refractivity contribution in [1.82, 2.24) is 5.32 Å². The Balaban J connectivity index is 2.42. The first-order chi connectivity index (χ1) is 7.63. The quantitative estimate of drug-likeness (QED) is 0.660. The largest absolute Gasteiger partial charge is 0.397 e. The van der Waals surface area contributed by atoms with Crippen LogP contribution in [0.15, 0.2) is 18.2 Å². The minimum Gasteiger partial charge on any atom is -0.397 e. The maximum absolute atomic E-state index is 11.2. The Morgan fingerprint density at radius 3 is 2.88 bits per heavy atom. The molecular weight excluding hydrogens is 202 g/mol. The highest BCUT2D eigenvalue weighted by Gasteiger charge is 2.01. The number of nitrogens with two attached hydrogens (primary N) is 1. The molecule has 0 atom stereocenters. The van der Waals surface area contributed by atoms with Gasteiger partial charge in [0.25, 0.3) is 0 Å². The fourth-order valence-electron chi connectivity index (χ4n) is 1.42. The summed E-state index contributed by atoms with van der Waals surface area (Å²) in [6, 6.07) is 5.81. The second kappa shape index (κ2) is 6.00. The minimum absolute atomic E-state index is 0.0567. The maximum atomic E-state index is 11.2. The van der Waals surface area contributed by atoms with Crippen LogP contribution in [0, 0.1) is 6.92 Å². The summed E-state index contributed by atoms with van der Waals surface area (Å²) in [7, 11) is 0. The standard InChI is InChI=1S/C12H19N3O/c1-3-14-12(16)6-7-15-11-8-9(2)4-5-10(11)13/h4-5,8,15H,3,6-7,13H2,1-2H3,(H,14,16). The number of nitrogens with one attached hydrogen (secondary N) is 2. The molecule has 16 heavy (non-hydrogen) atoms. The van der Waals surface area contributed by atoms with Crippen molar-refractivity contribution in [3.8, 4) is 0 Å². The van der Waals surface area contributed by atoms with Crippen LogP contribution in [-0.2, 0) is 4.79 Å². The highest BCUT2D eigenvalue weighted by Crippen LogP contribution is 2.19. The molecule has 0 heterocycles. The van der Waals surface area contributed by atoms with E-state index in [1.54, 1.807) is 0 Å². The number of anilines is 2. The molecule has 0 spiro atoms. The lowest BCUT2D eigenvalue weighted by molar-refractivity contribution is -0.120. The van der Waals surface area contributed by atoms with Crippen LogP contribution in [0.4, 0.5) is 11.4 Å². The number of benzene rings is 1. The fourth-order valence-corrected chi connectivity index (χ4v) is 1.42. The Morgan fingerprint density at radius 2 is 2.19 bits per heavy atom. The van der Waals surface area contributed by atoms with E-state index in [2.05, 4.69) is 10.6 Å². The van der Waals surface area contributed by atoms with Gasteiger partial charge in [-0.15, -0.1) is 0 Å². The molecule has 0 bridgehead atoms. The van der Waals surface area contributed by atoms with Crippen molar-refractivity contribution in [2.24, 2.45) is 0 Å². The van der Waals surface area contributed by atoms with Crippen molar-refractivity contribution in [3.05, 3.63) is 23.8 Å². The first kappa shape index (κ1) is 12.4. The molecule has 0 radical (unpaired) electrons. The van der Waals surface area contributed by atoms with E-state index in [0.717, 1.165) is 11.3 Å². The van der Waals surface area contributed by atoms with Gasteiger partial charge < -0.3 is 16.4 Å². The van der Waals surface area contributed by atoms with Gasteiger partial charge in [0.05, 0.1) is 11.4 Å². The SMILES string of the molecule is CCNC(=O)CCNc1cc(C)ccc1N. The molecule has 0 unspecified atom stereocenters. The highest BCUT2D eigenvalue weighted by molar-refractivity contribution is 5.76. The number of amides is 1. The zero-order valence-electron chi connectivity index (χ0n) is 9.84. The number of carbonyl (C=O) groups is 1. The molecule has 1 aromatic carbocycles. The van der Waals surface area contributed by atoms with E-state index in [-0.39, 0.29) is 5.91 Å². The van der Waals surface area contributed by atoms with Gasteiger partial charge in [-0.2, -0.15) is 0 Å². The van der Waals surface area contributed by atoms with Crippen LogP contribution in [0.5, 0.6) is 0 Å². The fraction of sp³-hybridized carbons (Fsp3) is 0.417. The number of nitrogen functional groups attached to an aromatic ring is 1. The Hall–Kier alpha value is -1.71. The van der Waals surface area contributed by atoms with Gasteiger partial charge in [0, 0.05) is 19.5 Å².